The van der Waals surface area contributed by atoms with Crippen molar-refractivity contribution in [3.05, 3.63) is 35.9 Å². The molecule has 0 bridgehead atoms. The van der Waals surface area contributed by atoms with Crippen LogP contribution in [0.3, 0.4) is 0 Å². The molecule has 18 heavy (non-hydrogen) atoms. The molecule has 0 saturated heterocycles. The summed E-state index contributed by atoms with van der Waals surface area (Å²) in [6, 6.07) is 2.31. The molecule has 0 amide bonds. The average molecular weight is 245 g/mol. The van der Waals surface area contributed by atoms with Gasteiger partial charge in [-0.05, 0) is 44.7 Å². The molecule has 0 saturated carbocycles. The Hall–Kier alpha value is -1.22. The van der Waals surface area contributed by atoms with E-state index in [4.69, 9.17) is 0 Å². The van der Waals surface area contributed by atoms with Gasteiger partial charge in [-0.2, -0.15) is 0 Å². The maximum Gasteiger partial charge on any atom is 0.115 e. The van der Waals surface area contributed by atoms with E-state index in [0.29, 0.717) is 0 Å². The van der Waals surface area contributed by atoms with E-state index in [2.05, 4.69) is 28.3 Å². The van der Waals surface area contributed by atoms with Gasteiger partial charge in [0.1, 0.15) is 6.33 Å². The van der Waals surface area contributed by atoms with Crippen molar-refractivity contribution < 1.29 is 0 Å². The van der Waals surface area contributed by atoms with Gasteiger partial charge in [-0.25, -0.2) is 9.97 Å². The van der Waals surface area contributed by atoms with Crippen molar-refractivity contribution in [1.82, 2.24) is 15.3 Å². The third-order valence-electron chi connectivity index (χ3n) is 3.45. The summed E-state index contributed by atoms with van der Waals surface area (Å²) in [5, 5.41) is 3.62. The molecule has 1 unspecified atom stereocenters. The summed E-state index contributed by atoms with van der Waals surface area (Å²) in [4.78, 5) is 8.44. The van der Waals surface area contributed by atoms with Crippen LogP contribution in [0, 0.1) is 0 Å². The minimum absolute atomic E-state index is 0.283. The molecular weight excluding hydrogens is 222 g/mol. The van der Waals surface area contributed by atoms with E-state index in [0.717, 1.165) is 18.7 Å². The lowest BCUT2D eigenvalue weighted by atomic mass is 9.99. The summed E-state index contributed by atoms with van der Waals surface area (Å²) in [5.41, 5.74) is 2.62. The van der Waals surface area contributed by atoms with Crippen LogP contribution in [-0.2, 0) is 0 Å². The van der Waals surface area contributed by atoms with Crippen LogP contribution < -0.4 is 5.32 Å². The smallest absolute Gasteiger partial charge is 0.115 e. The Morgan fingerprint density at radius 3 is 3.06 bits per heavy atom. The largest absolute Gasteiger partial charge is 0.305 e. The van der Waals surface area contributed by atoms with Crippen LogP contribution in [-0.4, -0.2) is 16.5 Å². The molecule has 0 aliphatic heterocycles. The minimum Gasteiger partial charge on any atom is -0.305 e. The quantitative estimate of drug-likeness (QED) is 0.808. The molecule has 1 atom stereocenters. The van der Waals surface area contributed by atoms with Crippen LogP contribution in [0.5, 0.6) is 0 Å². The SMILES string of the molecule is CCCNC(C1=CCCCCC1)c1ccncn1. The first-order valence-corrected chi connectivity index (χ1v) is 7.10. The minimum atomic E-state index is 0.283. The van der Waals surface area contributed by atoms with Gasteiger partial charge in [0, 0.05) is 6.20 Å². The van der Waals surface area contributed by atoms with Crippen molar-refractivity contribution in [2.24, 2.45) is 0 Å². The lowest BCUT2D eigenvalue weighted by Gasteiger charge is -2.21. The predicted octanol–water partition coefficient (Wildman–Crippen LogP) is 3.41. The fourth-order valence-electron chi connectivity index (χ4n) is 2.49. The average Bonchev–Trinajstić information content (AvgIpc) is 2.70. The highest BCUT2D eigenvalue weighted by Crippen LogP contribution is 2.27. The van der Waals surface area contributed by atoms with Crippen LogP contribution in [0.1, 0.15) is 57.2 Å². The highest BCUT2D eigenvalue weighted by molar-refractivity contribution is 5.22. The molecule has 0 radical (unpaired) electrons. The first-order valence-electron chi connectivity index (χ1n) is 7.10. The fourth-order valence-corrected chi connectivity index (χ4v) is 2.49. The Kier molecular flexibility index (Phi) is 5.34. The van der Waals surface area contributed by atoms with Gasteiger partial charge in [-0.15, -0.1) is 0 Å². The molecule has 98 valence electrons. The normalized spacial score (nSPS) is 17.9. The van der Waals surface area contributed by atoms with Gasteiger partial charge in [-0.1, -0.05) is 25.0 Å². The zero-order valence-corrected chi connectivity index (χ0v) is 11.2. The van der Waals surface area contributed by atoms with Gasteiger partial charge in [0.05, 0.1) is 11.7 Å². The summed E-state index contributed by atoms with van der Waals surface area (Å²) in [6.45, 7) is 3.23. The van der Waals surface area contributed by atoms with Gasteiger partial charge in [-0.3, -0.25) is 0 Å². The lowest BCUT2D eigenvalue weighted by molar-refractivity contribution is 0.555. The monoisotopic (exact) mass is 245 g/mol. The van der Waals surface area contributed by atoms with Crippen molar-refractivity contribution >= 4 is 0 Å². The maximum absolute atomic E-state index is 4.42. The number of hydrogen-bond donors (Lipinski definition) is 1. The van der Waals surface area contributed by atoms with Crippen LogP contribution in [0.15, 0.2) is 30.2 Å². The second-order valence-electron chi connectivity index (χ2n) is 4.90. The first-order chi connectivity index (χ1) is 8.92. The molecule has 0 aromatic carbocycles. The summed E-state index contributed by atoms with van der Waals surface area (Å²) in [5.74, 6) is 0. The summed E-state index contributed by atoms with van der Waals surface area (Å²) in [6.07, 6.45) is 13.4. The number of hydrogen-bond acceptors (Lipinski definition) is 3. The zero-order valence-electron chi connectivity index (χ0n) is 11.2. The highest BCUT2D eigenvalue weighted by atomic mass is 15.0. The van der Waals surface area contributed by atoms with Crippen molar-refractivity contribution in [2.75, 3.05) is 6.54 Å². The summed E-state index contributed by atoms with van der Waals surface area (Å²) in [7, 11) is 0. The van der Waals surface area contributed by atoms with E-state index < -0.39 is 0 Å². The van der Waals surface area contributed by atoms with Crippen LogP contribution >= 0.6 is 0 Å². The van der Waals surface area contributed by atoms with Gasteiger partial charge >= 0.3 is 0 Å². The Labute approximate surface area is 110 Å². The summed E-state index contributed by atoms with van der Waals surface area (Å²) < 4.78 is 0. The number of aromatic nitrogens is 2. The molecule has 1 aliphatic rings. The van der Waals surface area contributed by atoms with E-state index >= 15 is 0 Å². The number of nitrogens with one attached hydrogen (secondary N) is 1. The Balaban J connectivity index is 2.16. The summed E-state index contributed by atoms with van der Waals surface area (Å²) >= 11 is 0. The molecule has 1 N–H and O–H groups in total. The van der Waals surface area contributed by atoms with Gasteiger partial charge in [0.15, 0.2) is 0 Å². The second kappa shape index (κ2) is 7.27. The predicted molar refractivity (Wildman–Crippen MR) is 74.2 cm³/mol. The van der Waals surface area contributed by atoms with E-state index in [1.165, 1.54) is 37.7 Å². The molecule has 3 heteroatoms. The molecular formula is C15H23N3. The highest BCUT2D eigenvalue weighted by Gasteiger charge is 2.17. The molecule has 1 aliphatic carbocycles. The number of nitrogens with zero attached hydrogens (tertiary/aromatic N) is 2. The van der Waals surface area contributed by atoms with Gasteiger partial charge in [0.25, 0.3) is 0 Å². The Morgan fingerprint density at radius 1 is 1.33 bits per heavy atom. The number of allylic oxidation sites excluding steroid dienone is 1. The van der Waals surface area contributed by atoms with E-state index in [1.807, 2.05) is 12.3 Å². The van der Waals surface area contributed by atoms with Gasteiger partial charge < -0.3 is 5.32 Å². The number of rotatable bonds is 5. The molecule has 1 aromatic heterocycles. The lowest BCUT2D eigenvalue weighted by Crippen LogP contribution is -2.25. The molecule has 2 rings (SSSR count). The molecule has 1 heterocycles. The van der Waals surface area contributed by atoms with Crippen LogP contribution in [0.4, 0.5) is 0 Å². The van der Waals surface area contributed by atoms with E-state index in [-0.39, 0.29) is 6.04 Å². The maximum atomic E-state index is 4.42. The molecule has 1 aromatic rings. The van der Waals surface area contributed by atoms with Crippen molar-refractivity contribution in [1.29, 1.82) is 0 Å². The van der Waals surface area contributed by atoms with Crippen LogP contribution in [0.2, 0.25) is 0 Å². The Bertz CT molecular complexity index is 373. The fraction of sp³-hybridized carbons (Fsp3) is 0.600. The van der Waals surface area contributed by atoms with Crippen LogP contribution in [0.25, 0.3) is 0 Å². The standard InChI is InChI=1S/C15H23N3/c1-2-10-17-15(14-9-11-16-12-18-14)13-7-5-3-4-6-8-13/h7,9,11-12,15,17H,2-6,8,10H2,1H3. The Morgan fingerprint density at radius 2 is 2.28 bits per heavy atom. The third-order valence-corrected chi connectivity index (χ3v) is 3.45. The molecule has 0 spiro atoms. The van der Waals surface area contributed by atoms with Gasteiger partial charge in [0.2, 0.25) is 0 Å². The molecule has 3 nitrogen and oxygen atoms in total. The zero-order chi connectivity index (χ0) is 12.6. The molecule has 0 fully saturated rings. The van der Waals surface area contributed by atoms with E-state index in [1.54, 1.807) is 6.33 Å². The van der Waals surface area contributed by atoms with Crippen molar-refractivity contribution in [3.63, 3.8) is 0 Å². The third kappa shape index (κ3) is 3.64. The van der Waals surface area contributed by atoms with Crippen molar-refractivity contribution in [3.8, 4) is 0 Å². The topological polar surface area (TPSA) is 37.8 Å². The van der Waals surface area contributed by atoms with E-state index in [9.17, 15) is 0 Å². The second-order valence-corrected chi connectivity index (χ2v) is 4.90. The van der Waals surface area contributed by atoms with Crippen molar-refractivity contribution in [2.45, 2.75) is 51.5 Å². The first kappa shape index (κ1) is 13.2.